The average Bonchev–Trinajstić information content (AvgIpc) is 0.769. The van der Waals surface area contributed by atoms with Gasteiger partial charge in [-0.25, -0.2) is 9.59 Å². The van der Waals surface area contributed by atoms with Crippen molar-refractivity contribution in [1.29, 1.82) is 0 Å². The van der Waals surface area contributed by atoms with Crippen LogP contribution in [-0.2, 0) is 70.8 Å². The number of nitro groups is 1. The molecule has 0 saturated heterocycles. The minimum atomic E-state index is -5.82. The van der Waals surface area contributed by atoms with E-state index >= 15 is 0 Å². The number of carboxylic acids is 2. The number of carboxylic acid groups (broad SMARTS) is 2. The summed E-state index contributed by atoms with van der Waals surface area (Å²) in [6.45, 7) is 0. The Hall–Kier alpha value is -10.4. The van der Waals surface area contributed by atoms with Gasteiger partial charge < -0.3 is 31.3 Å². The molecule has 482 valence electrons. The number of phenolic OH excluding ortho intramolecular Hbond substituents is 2. The van der Waals surface area contributed by atoms with Gasteiger partial charge in [-0.2, -0.15) is 73.8 Å². The fraction of sp³-hybridized carbons (Fsp3) is 0. The molecule has 42 nitrogen and oxygen atoms in total. The van der Waals surface area contributed by atoms with Crippen molar-refractivity contribution in [3.05, 3.63) is 106 Å². The van der Waals surface area contributed by atoms with E-state index in [1.807, 2.05) is 0 Å². The summed E-state index contributed by atoms with van der Waals surface area (Å²) in [7, 11) is -39.0. The summed E-state index contributed by atoms with van der Waals surface area (Å²) in [5, 5.41) is 92.2. The Bertz CT molecular complexity index is 5640. The molecule has 0 aliphatic carbocycles. The highest BCUT2D eigenvalue weighted by atomic mass is 32.2. The number of rotatable bonds is 19. The predicted octanol–water partition coefficient (Wildman–Crippen LogP) is 6.57. The molecule has 0 spiro atoms. The van der Waals surface area contributed by atoms with Crippen molar-refractivity contribution in [3.8, 4) is 23.1 Å². The molecule has 8 rings (SSSR count). The molecule has 49 heteroatoms. The van der Waals surface area contributed by atoms with Crippen LogP contribution in [-0.4, -0.2) is 143 Å². The van der Waals surface area contributed by atoms with E-state index in [0.29, 0.717) is 60.7 Å². The number of hydrogen-bond acceptors (Lipinski definition) is 31. The number of hydrogen-bond donors (Lipinski definition) is 13. The van der Waals surface area contributed by atoms with Crippen LogP contribution in [0.5, 0.6) is 17.4 Å². The molecule has 0 radical (unpaired) electrons. The summed E-state index contributed by atoms with van der Waals surface area (Å²) in [5.74, 6) is -8.42. The molecule has 8 aromatic rings. The second-order valence-electron chi connectivity index (χ2n) is 17.8. The van der Waals surface area contributed by atoms with Gasteiger partial charge in [-0.15, -0.1) is 35.8 Å². The number of nitrogens with zero attached hydrogens (tertiary/aromatic N) is 11. The van der Waals surface area contributed by atoms with E-state index in [1.54, 1.807) is 0 Å². The molecule has 0 aliphatic heterocycles. The number of aromatic carboxylic acids is 2. The maximum absolute atomic E-state index is 13.1. The number of fused-ring (bicyclic) bond motifs is 2. The van der Waals surface area contributed by atoms with E-state index in [2.05, 4.69) is 46.0 Å². The quantitative estimate of drug-likeness (QED) is 0.0134. The first-order valence-corrected chi connectivity index (χ1v) is 33.1. The van der Waals surface area contributed by atoms with Gasteiger partial charge in [0.2, 0.25) is 11.6 Å². The Balaban J connectivity index is 1.23. The zero-order valence-electron chi connectivity index (χ0n) is 43.7. The summed E-state index contributed by atoms with van der Waals surface area (Å²) in [5.41, 5.74) is -7.48. The predicted molar refractivity (Wildman–Crippen MR) is 300 cm³/mol. The van der Waals surface area contributed by atoms with Crippen molar-refractivity contribution in [2.24, 2.45) is 40.9 Å². The van der Waals surface area contributed by atoms with Gasteiger partial charge in [0.25, 0.3) is 76.5 Å². The number of non-ortho nitro benzene ring substituents is 1. The molecule has 0 bridgehead atoms. The molecule has 92 heavy (non-hydrogen) atoms. The lowest BCUT2D eigenvalue weighted by atomic mass is 10.0. The maximum atomic E-state index is 13.1. The lowest BCUT2D eigenvalue weighted by molar-refractivity contribution is -0.384. The molecule has 0 aliphatic rings. The van der Waals surface area contributed by atoms with Crippen LogP contribution in [0, 0.1) is 10.1 Å². The Morgan fingerprint density at radius 2 is 0.978 bits per heavy atom. The molecule has 0 atom stereocenters. The van der Waals surface area contributed by atoms with Gasteiger partial charge in [0, 0.05) is 28.3 Å². The lowest BCUT2D eigenvalue weighted by Crippen LogP contribution is -2.10. The molecule has 0 fully saturated rings. The van der Waals surface area contributed by atoms with E-state index in [-0.39, 0.29) is 16.8 Å². The topological polar surface area (TPSA) is 702 Å². The highest BCUT2D eigenvalue weighted by Crippen LogP contribution is 2.50. The van der Waals surface area contributed by atoms with E-state index in [4.69, 9.17) is 5.73 Å². The Morgan fingerprint density at radius 3 is 1.52 bits per heavy atom. The van der Waals surface area contributed by atoms with Crippen LogP contribution < -0.4 is 5.73 Å². The highest BCUT2D eigenvalue weighted by Gasteiger charge is 2.33. The van der Waals surface area contributed by atoms with Gasteiger partial charge in [-0.05, 0) is 72.8 Å². The van der Waals surface area contributed by atoms with Crippen LogP contribution in [0.2, 0.25) is 0 Å². The van der Waals surface area contributed by atoms with Crippen molar-refractivity contribution in [1.82, 2.24) is 9.78 Å². The smallest absolute Gasteiger partial charge is 0.358 e. The van der Waals surface area contributed by atoms with Gasteiger partial charge in [-0.3, -0.25) is 42.0 Å². The number of anilines is 1. The van der Waals surface area contributed by atoms with Crippen LogP contribution in [0.1, 0.15) is 20.8 Å². The van der Waals surface area contributed by atoms with Gasteiger partial charge >= 0.3 is 11.9 Å². The van der Waals surface area contributed by atoms with E-state index in [9.17, 15) is 136 Å². The first-order valence-electron chi connectivity index (χ1n) is 23.0. The molecule has 7 aromatic carbocycles. The van der Waals surface area contributed by atoms with Crippen LogP contribution in [0.4, 0.5) is 56.9 Å². The number of nitrogen functional groups attached to an aromatic ring is 1. The molecule has 0 unspecified atom stereocenters. The number of nitrogens with two attached hydrogens (primary N) is 1. The minimum absolute atomic E-state index is 0.00666. The molecule has 0 amide bonds. The number of carbonyl (C=O) groups is 2. The van der Waals surface area contributed by atoms with Gasteiger partial charge in [0.1, 0.15) is 63.5 Å². The maximum Gasteiger partial charge on any atom is 0.358 e. The second kappa shape index (κ2) is 23.4. The van der Waals surface area contributed by atoms with E-state index < -0.39 is 235 Å². The summed E-state index contributed by atoms with van der Waals surface area (Å²) < 4.78 is 247. The first-order chi connectivity index (χ1) is 42.2. The van der Waals surface area contributed by atoms with Crippen molar-refractivity contribution in [2.75, 3.05) is 5.73 Å². The minimum Gasteiger partial charge on any atom is -0.505 e. The standard InChI is InChI=1S/C43H28N12O30S7/c44-33-25(14-28(88(71,72)73)21-13-31(91(80,81)82)35(39(57)32(21)33)51-46-22-6-2-16(55(63)64)10-20(22)42(59)60)49-48-24-7-4-18-19(40(24)92(83,84)85)12-30(90(77,78)79)34(38(18)56)50-45-15-1-5-23(29(9-15)89(74,75)76)47-52-36-37(43(61)62)53-54(41(36)58)26-11-17(86(65,66)67)3-8-27(26)87(68,69)70/h1-14,56-58H,44H2,(H,59,60)(H,61,62)(H,65,66,67)(H,68,69,70)(H,71,72,73)(H,74,75,76)(H,77,78,79)(H,80,81,82)(H,83,84,85). The number of aromatic nitrogens is 2. The van der Waals surface area contributed by atoms with Crippen LogP contribution in [0.15, 0.2) is 160 Å². The molecule has 1 heterocycles. The van der Waals surface area contributed by atoms with Gasteiger partial charge in [-0.1, -0.05) is 0 Å². The molecule has 0 saturated carbocycles. The molecule has 14 N–H and O–H groups in total. The highest BCUT2D eigenvalue weighted by molar-refractivity contribution is 7.87. The number of benzene rings is 7. The SMILES string of the molecule is Nc1c(N=Nc2ccc3c(O)c(N=Nc4ccc(N=Nc5c(C(=O)O)nn(-c6cc(S(=O)(=O)O)ccc6S(=O)(=O)O)c5O)c(S(=O)(=O)O)c4)c(S(=O)(=O)O)cc3c2S(=O)(=O)O)cc(S(=O)(=O)O)c2cc(S(=O)(=O)O)c(N=Nc3ccc([N+](=O)[O-])cc3C(=O)O)c(O)c12. The number of azo groups is 4. The van der Waals surface area contributed by atoms with E-state index in [1.165, 1.54) is 0 Å². The number of aromatic hydroxyl groups is 3. The molecule has 1 aromatic heterocycles. The summed E-state index contributed by atoms with van der Waals surface area (Å²) in [4.78, 5) is 24.7. The van der Waals surface area contributed by atoms with Gasteiger partial charge in [0.05, 0.1) is 37.8 Å². The van der Waals surface area contributed by atoms with Crippen molar-refractivity contribution >= 4 is 161 Å². The molecular weight excluding hydrogens is 1390 g/mol. The van der Waals surface area contributed by atoms with Crippen LogP contribution >= 0.6 is 0 Å². The van der Waals surface area contributed by atoms with Crippen molar-refractivity contribution < 1.29 is 131 Å². The van der Waals surface area contributed by atoms with Crippen molar-refractivity contribution in [2.45, 2.75) is 34.3 Å². The zero-order chi connectivity index (χ0) is 68.7. The van der Waals surface area contributed by atoms with Gasteiger partial charge in [0.15, 0.2) is 17.2 Å². The van der Waals surface area contributed by atoms with Crippen LogP contribution in [0.25, 0.3) is 27.2 Å². The third-order valence-corrected chi connectivity index (χ3v) is 18.2. The van der Waals surface area contributed by atoms with E-state index in [0.717, 1.165) is 12.1 Å². The zero-order valence-corrected chi connectivity index (χ0v) is 49.4. The summed E-state index contributed by atoms with van der Waals surface area (Å²) in [6.07, 6.45) is 0. The Morgan fingerprint density at radius 1 is 0.467 bits per heavy atom. The third-order valence-electron chi connectivity index (χ3n) is 12.0. The van der Waals surface area contributed by atoms with Crippen LogP contribution in [0.3, 0.4) is 0 Å². The Labute approximate surface area is 509 Å². The first kappa shape index (κ1) is 67.5. The van der Waals surface area contributed by atoms with Crippen molar-refractivity contribution in [3.63, 3.8) is 0 Å². The lowest BCUT2D eigenvalue weighted by Gasteiger charge is -2.15. The average molecular weight is 1420 g/mol. The second-order valence-corrected chi connectivity index (χ2v) is 27.5. The molecular formula is C43H28N12O30S7. The largest absolute Gasteiger partial charge is 0.505 e. The summed E-state index contributed by atoms with van der Waals surface area (Å²) in [6, 6.07) is 6.95. The summed E-state index contributed by atoms with van der Waals surface area (Å²) >= 11 is 0. The Kier molecular flexibility index (Phi) is 17.2. The fourth-order valence-electron chi connectivity index (χ4n) is 8.14. The monoisotopic (exact) mass is 1420 g/mol. The fourth-order valence-corrected chi connectivity index (χ4v) is 12.8. The number of phenols is 2. The number of nitro benzene ring substituents is 1. The third kappa shape index (κ3) is 13.4. The normalized spacial score (nSPS) is 13.2.